The molecule has 0 atom stereocenters. The average Bonchev–Trinajstić information content (AvgIpc) is 3.14. The summed E-state index contributed by atoms with van der Waals surface area (Å²) in [5.41, 5.74) is 0.890. The van der Waals surface area contributed by atoms with Crippen molar-refractivity contribution in [1.82, 2.24) is 5.01 Å². The minimum absolute atomic E-state index is 0.0272. The lowest BCUT2D eigenvalue weighted by atomic mass is 10.1. The minimum Gasteiger partial charge on any atom is -0.493 e. The van der Waals surface area contributed by atoms with Crippen molar-refractivity contribution in [2.24, 2.45) is 16.0 Å². The molecule has 0 spiro atoms. The molecule has 1 aromatic rings. The number of hydrogen-bond donors (Lipinski definition) is 1. The van der Waals surface area contributed by atoms with Crippen LogP contribution in [-0.2, 0) is 4.79 Å². The number of benzene rings is 1. The fourth-order valence-electron chi connectivity index (χ4n) is 3.02. The van der Waals surface area contributed by atoms with Crippen molar-refractivity contribution in [1.29, 1.82) is 5.41 Å². The molecule has 1 aromatic carbocycles. The minimum atomic E-state index is -0.444. The summed E-state index contributed by atoms with van der Waals surface area (Å²) in [5, 5.41) is 15.8. The van der Waals surface area contributed by atoms with Gasteiger partial charge in [-0.3, -0.25) is 10.2 Å². The summed E-state index contributed by atoms with van der Waals surface area (Å²) in [6.45, 7) is 8.20. The quantitative estimate of drug-likeness (QED) is 0.508. The third kappa shape index (κ3) is 4.27. The molecule has 0 unspecified atom stereocenters. The van der Waals surface area contributed by atoms with Crippen LogP contribution in [0.1, 0.15) is 32.3 Å². The van der Waals surface area contributed by atoms with Crippen LogP contribution in [0.2, 0.25) is 0 Å². The van der Waals surface area contributed by atoms with E-state index in [9.17, 15) is 4.79 Å². The second-order valence-electron chi connectivity index (χ2n) is 6.48. The van der Waals surface area contributed by atoms with E-state index in [0.29, 0.717) is 34.8 Å². The number of amides is 1. The lowest BCUT2D eigenvalue weighted by Gasteiger charge is -2.20. The van der Waals surface area contributed by atoms with Crippen LogP contribution in [0.25, 0.3) is 6.08 Å². The molecule has 3 rings (SSSR count). The van der Waals surface area contributed by atoms with Gasteiger partial charge in [0.05, 0.1) is 12.7 Å². The van der Waals surface area contributed by atoms with E-state index in [4.69, 9.17) is 14.9 Å². The number of amidine groups is 2. The zero-order chi connectivity index (χ0) is 21.0. The third-order valence-electron chi connectivity index (χ3n) is 4.66. The first-order chi connectivity index (χ1) is 14.0. The van der Waals surface area contributed by atoms with Crippen molar-refractivity contribution in [3.63, 3.8) is 0 Å². The van der Waals surface area contributed by atoms with Crippen LogP contribution < -0.4 is 9.47 Å². The van der Waals surface area contributed by atoms with Crippen LogP contribution in [0.15, 0.2) is 46.5 Å². The van der Waals surface area contributed by atoms with E-state index in [1.807, 2.05) is 0 Å². The van der Waals surface area contributed by atoms with Crippen LogP contribution >= 0.6 is 11.8 Å². The highest BCUT2D eigenvalue weighted by Gasteiger charge is 2.37. The SMILES string of the molecule is C=CCOc1ccc(C=C2C(=N)N3N=C(C(CC)CC)SC3=NC2=O)cc1OC. The van der Waals surface area contributed by atoms with Crippen LogP contribution in [0.5, 0.6) is 11.5 Å². The zero-order valence-electron chi connectivity index (χ0n) is 16.8. The lowest BCUT2D eigenvalue weighted by Crippen LogP contribution is -2.35. The molecule has 0 bridgehead atoms. The van der Waals surface area contributed by atoms with Crippen molar-refractivity contribution in [2.45, 2.75) is 26.7 Å². The van der Waals surface area contributed by atoms with Crippen LogP contribution in [0, 0.1) is 11.3 Å². The molecule has 0 radical (unpaired) electrons. The maximum absolute atomic E-state index is 12.6. The molecule has 2 aliphatic heterocycles. The van der Waals surface area contributed by atoms with Crippen LogP contribution in [0.4, 0.5) is 0 Å². The Kier molecular flexibility index (Phi) is 6.53. The molecule has 29 heavy (non-hydrogen) atoms. The second-order valence-corrected chi connectivity index (χ2v) is 7.47. The summed E-state index contributed by atoms with van der Waals surface area (Å²) < 4.78 is 10.9. The second kappa shape index (κ2) is 9.09. The van der Waals surface area contributed by atoms with Crippen molar-refractivity contribution >= 4 is 39.8 Å². The first kappa shape index (κ1) is 20.9. The van der Waals surface area contributed by atoms with Gasteiger partial charge in [-0.1, -0.05) is 32.6 Å². The van der Waals surface area contributed by atoms with Crippen LogP contribution in [0.3, 0.4) is 0 Å². The number of nitrogens with one attached hydrogen (secondary N) is 1. The molecule has 1 amide bonds. The number of hydrazone groups is 1. The Morgan fingerprint density at radius 1 is 1.31 bits per heavy atom. The molecule has 0 saturated heterocycles. The van der Waals surface area contributed by atoms with Gasteiger partial charge in [0.15, 0.2) is 17.3 Å². The summed E-state index contributed by atoms with van der Waals surface area (Å²) >= 11 is 1.38. The number of thioether (sulfide) groups is 1. The summed E-state index contributed by atoms with van der Waals surface area (Å²) in [6, 6.07) is 5.31. The van der Waals surface area contributed by atoms with Gasteiger partial charge in [-0.15, -0.1) is 0 Å². The molecule has 7 nitrogen and oxygen atoms in total. The molecule has 0 fully saturated rings. The van der Waals surface area contributed by atoms with E-state index < -0.39 is 5.91 Å². The Hall–Kier alpha value is -2.87. The molecule has 8 heteroatoms. The van der Waals surface area contributed by atoms with Crippen molar-refractivity contribution in [3.8, 4) is 11.5 Å². The largest absolute Gasteiger partial charge is 0.493 e. The first-order valence-electron chi connectivity index (χ1n) is 9.44. The first-order valence-corrected chi connectivity index (χ1v) is 10.3. The molecule has 0 saturated carbocycles. The van der Waals surface area contributed by atoms with E-state index in [1.54, 1.807) is 37.5 Å². The molecule has 1 N–H and O–H groups in total. The lowest BCUT2D eigenvalue weighted by molar-refractivity contribution is -0.114. The van der Waals surface area contributed by atoms with E-state index in [-0.39, 0.29) is 11.4 Å². The van der Waals surface area contributed by atoms with E-state index in [0.717, 1.165) is 17.9 Å². The fraction of sp³-hybridized carbons (Fsp3) is 0.333. The van der Waals surface area contributed by atoms with Gasteiger partial charge in [0.25, 0.3) is 5.91 Å². The van der Waals surface area contributed by atoms with Gasteiger partial charge in [0.1, 0.15) is 11.7 Å². The van der Waals surface area contributed by atoms with Crippen molar-refractivity contribution in [3.05, 3.63) is 42.0 Å². The average molecular weight is 413 g/mol. The molecular weight excluding hydrogens is 388 g/mol. The predicted molar refractivity (Wildman–Crippen MR) is 118 cm³/mol. The van der Waals surface area contributed by atoms with Crippen LogP contribution in [-0.4, -0.2) is 40.7 Å². The third-order valence-corrected chi connectivity index (χ3v) is 5.73. The highest BCUT2D eigenvalue weighted by Crippen LogP contribution is 2.34. The Morgan fingerprint density at radius 2 is 2.07 bits per heavy atom. The maximum atomic E-state index is 12.6. The van der Waals surface area contributed by atoms with Gasteiger partial charge in [-0.25, -0.2) is 0 Å². The summed E-state index contributed by atoms with van der Waals surface area (Å²) in [4.78, 5) is 16.7. The number of rotatable bonds is 8. The topological polar surface area (TPSA) is 87.3 Å². The molecular formula is C21H24N4O3S. The summed E-state index contributed by atoms with van der Waals surface area (Å²) in [6.07, 6.45) is 5.18. The number of carbonyl (C=O) groups is 1. The number of hydrogen-bond acceptors (Lipinski definition) is 6. The van der Waals surface area contributed by atoms with Crippen molar-refractivity contribution < 1.29 is 14.3 Å². The van der Waals surface area contributed by atoms with Gasteiger partial charge in [0.2, 0.25) is 5.17 Å². The summed E-state index contributed by atoms with van der Waals surface area (Å²) in [7, 11) is 1.55. The van der Waals surface area contributed by atoms with Crippen molar-refractivity contribution in [2.75, 3.05) is 13.7 Å². The van der Waals surface area contributed by atoms with Gasteiger partial charge >= 0.3 is 0 Å². The normalized spacial score (nSPS) is 17.4. The Morgan fingerprint density at radius 3 is 2.72 bits per heavy atom. The number of carbonyl (C=O) groups excluding carboxylic acids is 1. The van der Waals surface area contributed by atoms with E-state index >= 15 is 0 Å². The monoisotopic (exact) mass is 412 g/mol. The smallest absolute Gasteiger partial charge is 0.283 e. The standard InChI is InChI=1S/C21H24N4O3S/c1-5-10-28-16-9-8-13(12-17(16)27-4)11-15-18(22)25-21(23-19(15)26)29-20(24-25)14(6-2)7-3/h5,8-9,11-12,14,22H,1,6-7,10H2,2-4H3. The Balaban J connectivity index is 1.90. The fourth-order valence-corrected chi connectivity index (χ4v) is 4.18. The number of aliphatic imine (C=N–C) groups is 1. The molecule has 2 aliphatic rings. The Labute approximate surface area is 174 Å². The van der Waals surface area contributed by atoms with Gasteiger partial charge in [-0.2, -0.15) is 15.1 Å². The van der Waals surface area contributed by atoms with E-state index in [2.05, 4.69) is 30.5 Å². The maximum Gasteiger partial charge on any atom is 0.283 e. The molecule has 2 heterocycles. The van der Waals surface area contributed by atoms with E-state index in [1.165, 1.54) is 16.8 Å². The number of ether oxygens (including phenoxy) is 2. The highest BCUT2D eigenvalue weighted by atomic mass is 32.2. The highest BCUT2D eigenvalue weighted by molar-refractivity contribution is 8.27. The number of methoxy groups -OCH3 is 1. The molecule has 0 aromatic heterocycles. The Bertz CT molecular complexity index is 932. The zero-order valence-corrected chi connectivity index (χ0v) is 17.6. The van der Waals surface area contributed by atoms with Gasteiger partial charge in [0, 0.05) is 5.92 Å². The molecule has 152 valence electrons. The number of fused-ring (bicyclic) bond motifs is 1. The number of nitrogens with zero attached hydrogens (tertiary/aromatic N) is 3. The predicted octanol–water partition coefficient (Wildman–Crippen LogP) is 4.32. The summed E-state index contributed by atoms with van der Waals surface area (Å²) in [5.74, 6) is 0.998. The van der Waals surface area contributed by atoms with Gasteiger partial charge < -0.3 is 9.47 Å². The molecule has 0 aliphatic carbocycles. The van der Waals surface area contributed by atoms with Gasteiger partial charge in [-0.05, 0) is 48.4 Å².